The number of aromatic nitrogens is 2. The highest BCUT2D eigenvalue weighted by Gasteiger charge is 2.14. The molecule has 5 rings (SSSR count). The standard InChI is InChI=1S/C17H10N2O/c1-3-7-12-10(5-1)16-15-11-6-2-4-8-13(11)20-14(15)9-18-17(16)19-12/h1-9H,(H,18,19). The summed E-state index contributed by atoms with van der Waals surface area (Å²) in [5.74, 6) is 0. The van der Waals surface area contributed by atoms with Gasteiger partial charge in [-0.2, -0.15) is 0 Å². The minimum atomic E-state index is 0.837. The number of aromatic amines is 1. The number of pyridine rings is 1. The number of para-hydroxylation sites is 2. The van der Waals surface area contributed by atoms with Crippen LogP contribution in [0, 0.1) is 0 Å². The molecule has 20 heavy (non-hydrogen) atoms. The monoisotopic (exact) mass is 258 g/mol. The molecule has 0 radical (unpaired) electrons. The van der Waals surface area contributed by atoms with Gasteiger partial charge in [0.05, 0.1) is 6.20 Å². The lowest BCUT2D eigenvalue weighted by molar-refractivity contribution is 0.667. The minimum Gasteiger partial charge on any atom is -0.454 e. The highest BCUT2D eigenvalue weighted by atomic mass is 16.3. The Morgan fingerprint density at radius 3 is 2.55 bits per heavy atom. The van der Waals surface area contributed by atoms with Crippen LogP contribution in [-0.2, 0) is 0 Å². The lowest BCUT2D eigenvalue weighted by Gasteiger charge is -1.93. The van der Waals surface area contributed by atoms with Crippen molar-refractivity contribution < 1.29 is 4.42 Å². The quantitative estimate of drug-likeness (QED) is 0.440. The molecule has 0 saturated heterocycles. The van der Waals surface area contributed by atoms with Gasteiger partial charge in [-0.05, 0) is 12.1 Å². The van der Waals surface area contributed by atoms with E-state index in [2.05, 4.69) is 34.2 Å². The molecule has 0 aliphatic rings. The van der Waals surface area contributed by atoms with Gasteiger partial charge in [-0.25, -0.2) is 4.98 Å². The van der Waals surface area contributed by atoms with Gasteiger partial charge in [-0.3, -0.25) is 0 Å². The molecule has 0 atom stereocenters. The molecule has 3 heteroatoms. The zero-order valence-corrected chi connectivity index (χ0v) is 10.6. The molecule has 0 aliphatic carbocycles. The van der Waals surface area contributed by atoms with Gasteiger partial charge in [0.15, 0.2) is 5.58 Å². The van der Waals surface area contributed by atoms with Crippen LogP contribution in [0.2, 0.25) is 0 Å². The van der Waals surface area contributed by atoms with Crippen LogP contribution in [-0.4, -0.2) is 9.97 Å². The van der Waals surface area contributed by atoms with Crippen molar-refractivity contribution >= 4 is 43.9 Å². The fraction of sp³-hybridized carbons (Fsp3) is 0. The fourth-order valence-corrected chi connectivity index (χ4v) is 3.01. The van der Waals surface area contributed by atoms with Crippen molar-refractivity contribution in [3.63, 3.8) is 0 Å². The number of benzene rings is 2. The SMILES string of the molecule is c1ccc2c(c1)[nH]c1ncc3oc4ccccc4c3c12. The summed E-state index contributed by atoms with van der Waals surface area (Å²) in [5, 5.41) is 4.61. The third-order valence-corrected chi connectivity index (χ3v) is 3.87. The summed E-state index contributed by atoms with van der Waals surface area (Å²) in [5.41, 5.74) is 3.75. The van der Waals surface area contributed by atoms with E-state index in [1.807, 2.05) is 24.3 Å². The maximum absolute atomic E-state index is 5.90. The molecule has 2 aromatic carbocycles. The van der Waals surface area contributed by atoms with Crippen molar-refractivity contribution in [2.75, 3.05) is 0 Å². The van der Waals surface area contributed by atoms with E-state index in [9.17, 15) is 0 Å². The molecule has 3 nitrogen and oxygen atoms in total. The summed E-state index contributed by atoms with van der Waals surface area (Å²) in [4.78, 5) is 7.86. The van der Waals surface area contributed by atoms with Crippen LogP contribution in [0.3, 0.4) is 0 Å². The van der Waals surface area contributed by atoms with Gasteiger partial charge in [-0.15, -0.1) is 0 Å². The zero-order valence-electron chi connectivity index (χ0n) is 10.6. The van der Waals surface area contributed by atoms with E-state index in [0.29, 0.717) is 0 Å². The van der Waals surface area contributed by atoms with Crippen LogP contribution in [0.4, 0.5) is 0 Å². The predicted octanol–water partition coefficient (Wildman–Crippen LogP) is 4.62. The molecule has 3 heterocycles. The Kier molecular flexibility index (Phi) is 1.70. The van der Waals surface area contributed by atoms with E-state index in [0.717, 1.165) is 38.5 Å². The molecule has 1 N–H and O–H groups in total. The molecule has 0 unspecified atom stereocenters. The van der Waals surface area contributed by atoms with Crippen molar-refractivity contribution in [1.82, 2.24) is 9.97 Å². The van der Waals surface area contributed by atoms with Gasteiger partial charge >= 0.3 is 0 Å². The van der Waals surface area contributed by atoms with Crippen molar-refractivity contribution in [3.8, 4) is 0 Å². The Hall–Kier alpha value is -2.81. The minimum absolute atomic E-state index is 0.837. The Morgan fingerprint density at radius 1 is 0.800 bits per heavy atom. The number of rotatable bonds is 0. The number of H-pyrrole nitrogens is 1. The van der Waals surface area contributed by atoms with Crippen molar-refractivity contribution in [3.05, 3.63) is 54.7 Å². The van der Waals surface area contributed by atoms with Crippen LogP contribution in [0.5, 0.6) is 0 Å². The third-order valence-electron chi connectivity index (χ3n) is 3.87. The number of furan rings is 1. The van der Waals surface area contributed by atoms with Gasteiger partial charge < -0.3 is 9.40 Å². The summed E-state index contributed by atoms with van der Waals surface area (Å²) in [6, 6.07) is 16.4. The maximum Gasteiger partial charge on any atom is 0.154 e. The summed E-state index contributed by atoms with van der Waals surface area (Å²) < 4.78 is 5.90. The molecule has 0 bridgehead atoms. The fourth-order valence-electron chi connectivity index (χ4n) is 3.01. The van der Waals surface area contributed by atoms with E-state index in [1.54, 1.807) is 6.20 Å². The van der Waals surface area contributed by atoms with E-state index in [4.69, 9.17) is 4.42 Å². The Labute approximate surface area is 113 Å². The maximum atomic E-state index is 5.90. The van der Waals surface area contributed by atoms with Gasteiger partial charge in [-0.1, -0.05) is 36.4 Å². The topological polar surface area (TPSA) is 41.8 Å². The molecule has 0 aliphatic heterocycles. The van der Waals surface area contributed by atoms with E-state index in [1.165, 1.54) is 5.39 Å². The van der Waals surface area contributed by atoms with Crippen LogP contribution < -0.4 is 0 Å². The summed E-state index contributed by atoms with van der Waals surface area (Å²) in [6.45, 7) is 0. The first-order valence-electron chi connectivity index (χ1n) is 6.58. The average Bonchev–Trinajstić information content (AvgIpc) is 3.04. The number of nitrogens with one attached hydrogen (secondary N) is 1. The van der Waals surface area contributed by atoms with Crippen molar-refractivity contribution in [2.45, 2.75) is 0 Å². The summed E-state index contributed by atoms with van der Waals surface area (Å²) >= 11 is 0. The zero-order chi connectivity index (χ0) is 13.1. The smallest absolute Gasteiger partial charge is 0.154 e. The van der Waals surface area contributed by atoms with Crippen molar-refractivity contribution in [2.24, 2.45) is 0 Å². The van der Waals surface area contributed by atoms with Crippen LogP contribution in [0.1, 0.15) is 0 Å². The first kappa shape index (κ1) is 10.0. The second-order valence-electron chi connectivity index (χ2n) is 4.99. The summed E-state index contributed by atoms with van der Waals surface area (Å²) in [7, 11) is 0. The van der Waals surface area contributed by atoms with Crippen LogP contribution in [0.25, 0.3) is 43.9 Å². The van der Waals surface area contributed by atoms with Crippen LogP contribution in [0.15, 0.2) is 59.1 Å². The molecule has 94 valence electrons. The first-order chi connectivity index (χ1) is 9.92. The predicted molar refractivity (Wildman–Crippen MR) is 80.9 cm³/mol. The van der Waals surface area contributed by atoms with Crippen molar-refractivity contribution in [1.29, 1.82) is 0 Å². The highest BCUT2D eigenvalue weighted by Crippen LogP contribution is 2.36. The van der Waals surface area contributed by atoms with E-state index in [-0.39, 0.29) is 0 Å². The molecule has 0 amide bonds. The molecule has 5 aromatic rings. The van der Waals surface area contributed by atoms with E-state index >= 15 is 0 Å². The first-order valence-corrected chi connectivity index (χ1v) is 6.58. The third kappa shape index (κ3) is 1.12. The lowest BCUT2D eigenvalue weighted by atomic mass is 10.1. The molecule has 0 saturated carbocycles. The van der Waals surface area contributed by atoms with Gasteiger partial charge in [0.25, 0.3) is 0 Å². The lowest BCUT2D eigenvalue weighted by Crippen LogP contribution is -1.76. The van der Waals surface area contributed by atoms with Gasteiger partial charge in [0, 0.05) is 27.1 Å². The Morgan fingerprint density at radius 2 is 1.60 bits per heavy atom. The highest BCUT2D eigenvalue weighted by molar-refractivity contribution is 6.25. The molecule has 3 aromatic heterocycles. The number of fused-ring (bicyclic) bond motifs is 7. The largest absolute Gasteiger partial charge is 0.454 e. The van der Waals surface area contributed by atoms with Crippen LogP contribution >= 0.6 is 0 Å². The van der Waals surface area contributed by atoms with Gasteiger partial charge in [0.2, 0.25) is 0 Å². The molecular formula is C17H10N2O. The average molecular weight is 258 g/mol. The number of hydrogen-bond acceptors (Lipinski definition) is 2. The second kappa shape index (κ2) is 3.39. The number of nitrogens with zero attached hydrogens (tertiary/aromatic N) is 1. The Balaban J connectivity index is 2.19. The summed E-state index contributed by atoms with van der Waals surface area (Å²) in [6.07, 6.45) is 1.80. The number of hydrogen-bond donors (Lipinski definition) is 1. The second-order valence-corrected chi connectivity index (χ2v) is 4.99. The molecule has 0 spiro atoms. The molecule has 0 fully saturated rings. The molecular weight excluding hydrogens is 248 g/mol. The van der Waals surface area contributed by atoms with E-state index < -0.39 is 0 Å². The Bertz CT molecular complexity index is 1010. The normalized spacial score (nSPS) is 12.0. The van der Waals surface area contributed by atoms with Gasteiger partial charge in [0.1, 0.15) is 11.2 Å².